The van der Waals surface area contributed by atoms with Gasteiger partial charge in [-0.1, -0.05) is 19.1 Å². The van der Waals surface area contributed by atoms with E-state index in [4.69, 9.17) is 10.5 Å². The Labute approximate surface area is 112 Å². The summed E-state index contributed by atoms with van der Waals surface area (Å²) >= 11 is 0. The van der Waals surface area contributed by atoms with Crippen LogP contribution < -0.4 is 5.73 Å². The molecule has 0 bridgehead atoms. The molecule has 106 valence electrons. The minimum absolute atomic E-state index is 0.0524. The predicted octanol–water partition coefficient (Wildman–Crippen LogP) is 2.89. The van der Waals surface area contributed by atoms with Crippen molar-refractivity contribution in [2.24, 2.45) is 17.6 Å². The molecule has 0 radical (unpaired) electrons. The molecule has 2 nitrogen and oxygen atoms in total. The van der Waals surface area contributed by atoms with Crippen LogP contribution in [0.1, 0.15) is 26.3 Å². The molecule has 1 aromatic carbocycles. The number of nitrogens with two attached hydrogens (primary N) is 1. The lowest BCUT2D eigenvalue weighted by molar-refractivity contribution is 0.0490. The largest absolute Gasteiger partial charge is 0.375 e. The van der Waals surface area contributed by atoms with Gasteiger partial charge in [0, 0.05) is 12.0 Å². The Balaban J connectivity index is 2.13. The van der Waals surface area contributed by atoms with E-state index in [1.807, 2.05) is 13.8 Å². The molecule has 0 spiro atoms. The predicted molar refractivity (Wildman–Crippen MR) is 70.7 cm³/mol. The van der Waals surface area contributed by atoms with E-state index in [0.29, 0.717) is 17.9 Å². The van der Waals surface area contributed by atoms with Gasteiger partial charge in [0.1, 0.15) is 0 Å². The van der Waals surface area contributed by atoms with Gasteiger partial charge in [-0.3, -0.25) is 0 Å². The van der Waals surface area contributed by atoms with Gasteiger partial charge in [0.05, 0.1) is 12.2 Å². The molecular weight excluding hydrogens is 248 g/mol. The Morgan fingerprint density at radius 3 is 2.47 bits per heavy atom. The zero-order chi connectivity index (χ0) is 14.2. The van der Waals surface area contributed by atoms with Crippen LogP contribution in [0.2, 0.25) is 0 Å². The Kier molecular flexibility index (Phi) is 4.21. The maximum Gasteiger partial charge on any atom is 0.162 e. The van der Waals surface area contributed by atoms with Gasteiger partial charge >= 0.3 is 0 Å². The topological polar surface area (TPSA) is 35.2 Å². The molecule has 1 aromatic rings. The fourth-order valence-electron chi connectivity index (χ4n) is 3.13. The monoisotopic (exact) mass is 269 g/mol. The molecule has 5 atom stereocenters. The van der Waals surface area contributed by atoms with E-state index in [9.17, 15) is 8.78 Å². The molecule has 1 fully saturated rings. The van der Waals surface area contributed by atoms with Crippen LogP contribution in [0.5, 0.6) is 0 Å². The minimum atomic E-state index is -0.818. The molecule has 1 heterocycles. The highest BCUT2D eigenvalue weighted by atomic mass is 19.2. The first-order chi connectivity index (χ1) is 8.91. The number of rotatable bonds is 3. The van der Waals surface area contributed by atoms with Gasteiger partial charge in [0.15, 0.2) is 11.6 Å². The fraction of sp³-hybridized carbons (Fsp3) is 0.600. The second-order valence-electron chi connectivity index (χ2n) is 5.56. The Morgan fingerprint density at radius 1 is 1.21 bits per heavy atom. The second-order valence-corrected chi connectivity index (χ2v) is 5.56. The van der Waals surface area contributed by atoms with Crippen molar-refractivity contribution >= 4 is 0 Å². The molecule has 5 unspecified atom stereocenters. The Morgan fingerprint density at radius 2 is 1.89 bits per heavy atom. The van der Waals surface area contributed by atoms with Crippen LogP contribution >= 0.6 is 0 Å². The molecule has 0 amide bonds. The van der Waals surface area contributed by atoms with Gasteiger partial charge in [0.25, 0.3) is 0 Å². The maximum absolute atomic E-state index is 13.7. The molecule has 4 heteroatoms. The van der Waals surface area contributed by atoms with Gasteiger partial charge in [-0.05, 0) is 37.8 Å². The van der Waals surface area contributed by atoms with Gasteiger partial charge in [-0.2, -0.15) is 0 Å². The summed E-state index contributed by atoms with van der Waals surface area (Å²) in [4.78, 5) is 0. The molecule has 2 N–H and O–H groups in total. The van der Waals surface area contributed by atoms with E-state index in [2.05, 4.69) is 6.92 Å². The van der Waals surface area contributed by atoms with Crippen LogP contribution in [0, 0.1) is 23.5 Å². The number of hydrogen-bond donors (Lipinski definition) is 1. The van der Waals surface area contributed by atoms with E-state index in [1.165, 1.54) is 6.07 Å². The third-order valence-corrected chi connectivity index (χ3v) is 4.30. The molecule has 0 aliphatic carbocycles. The Bertz CT molecular complexity index is 452. The standard InChI is InChI=1S/C15H21F2NO/c1-8-9(2)19-10(3)14(8)13(18)7-11-5-4-6-12(16)15(11)17/h4-6,8-10,13-14H,7,18H2,1-3H3. The molecular formula is C15H21F2NO. The van der Waals surface area contributed by atoms with Gasteiger partial charge in [0.2, 0.25) is 0 Å². The lowest BCUT2D eigenvalue weighted by Gasteiger charge is -2.26. The molecule has 0 saturated carbocycles. The molecule has 1 aliphatic heterocycles. The quantitative estimate of drug-likeness (QED) is 0.915. The van der Waals surface area contributed by atoms with E-state index < -0.39 is 11.6 Å². The smallest absolute Gasteiger partial charge is 0.162 e. The highest BCUT2D eigenvalue weighted by Crippen LogP contribution is 2.35. The normalized spacial score (nSPS) is 32.5. The number of hydrogen-bond acceptors (Lipinski definition) is 2. The van der Waals surface area contributed by atoms with Crippen molar-refractivity contribution in [1.29, 1.82) is 0 Å². The third-order valence-electron chi connectivity index (χ3n) is 4.30. The van der Waals surface area contributed by atoms with E-state index >= 15 is 0 Å². The summed E-state index contributed by atoms with van der Waals surface area (Å²) in [6.45, 7) is 6.11. The van der Waals surface area contributed by atoms with Crippen molar-refractivity contribution in [3.8, 4) is 0 Å². The highest BCUT2D eigenvalue weighted by molar-refractivity contribution is 5.20. The average molecular weight is 269 g/mol. The first-order valence-electron chi connectivity index (χ1n) is 6.75. The molecule has 1 saturated heterocycles. The Hall–Kier alpha value is -1.00. The van der Waals surface area contributed by atoms with E-state index in [-0.39, 0.29) is 24.2 Å². The second kappa shape index (κ2) is 5.55. The highest BCUT2D eigenvalue weighted by Gasteiger charge is 2.40. The van der Waals surface area contributed by atoms with Crippen LogP contribution in [0.15, 0.2) is 18.2 Å². The van der Waals surface area contributed by atoms with Crippen molar-refractivity contribution in [1.82, 2.24) is 0 Å². The first kappa shape index (κ1) is 14.4. The number of halogens is 2. The van der Waals surface area contributed by atoms with Crippen LogP contribution in [0.25, 0.3) is 0 Å². The molecule has 0 aromatic heterocycles. The average Bonchev–Trinajstić information content (AvgIpc) is 2.59. The number of benzene rings is 1. The molecule has 19 heavy (non-hydrogen) atoms. The summed E-state index contributed by atoms with van der Waals surface area (Å²) in [6, 6.07) is 4.00. The molecule has 2 rings (SSSR count). The van der Waals surface area contributed by atoms with Crippen molar-refractivity contribution in [2.75, 3.05) is 0 Å². The van der Waals surface area contributed by atoms with Crippen molar-refractivity contribution in [3.63, 3.8) is 0 Å². The van der Waals surface area contributed by atoms with Crippen LogP contribution in [-0.2, 0) is 11.2 Å². The third kappa shape index (κ3) is 2.79. The maximum atomic E-state index is 13.7. The fourth-order valence-corrected chi connectivity index (χ4v) is 3.13. The van der Waals surface area contributed by atoms with Crippen molar-refractivity contribution in [2.45, 2.75) is 45.4 Å². The summed E-state index contributed by atoms with van der Waals surface area (Å²) in [5.41, 5.74) is 6.54. The summed E-state index contributed by atoms with van der Waals surface area (Å²) in [7, 11) is 0. The van der Waals surface area contributed by atoms with Gasteiger partial charge < -0.3 is 10.5 Å². The summed E-state index contributed by atoms with van der Waals surface area (Å²) < 4.78 is 32.6. The first-order valence-corrected chi connectivity index (χ1v) is 6.75. The SMILES string of the molecule is CC1OC(C)C(C(N)Cc2cccc(F)c2F)C1C. The number of ether oxygens (including phenoxy) is 1. The van der Waals surface area contributed by atoms with E-state index in [1.54, 1.807) is 6.07 Å². The van der Waals surface area contributed by atoms with Gasteiger partial charge in [-0.25, -0.2) is 8.78 Å². The summed E-state index contributed by atoms with van der Waals surface area (Å²) in [5.74, 6) is -1.12. The molecule has 1 aliphatic rings. The summed E-state index contributed by atoms with van der Waals surface area (Å²) in [6.07, 6.45) is 0.541. The van der Waals surface area contributed by atoms with Crippen LogP contribution in [-0.4, -0.2) is 18.2 Å². The zero-order valence-electron chi connectivity index (χ0n) is 11.6. The lowest BCUT2D eigenvalue weighted by atomic mass is 9.81. The minimum Gasteiger partial charge on any atom is -0.375 e. The van der Waals surface area contributed by atoms with Crippen molar-refractivity contribution < 1.29 is 13.5 Å². The van der Waals surface area contributed by atoms with Gasteiger partial charge in [-0.15, -0.1) is 0 Å². The van der Waals surface area contributed by atoms with Crippen molar-refractivity contribution in [3.05, 3.63) is 35.4 Å². The van der Waals surface area contributed by atoms with Crippen LogP contribution in [0.3, 0.4) is 0 Å². The van der Waals surface area contributed by atoms with Crippen LogP contribution in [0.4, 0.5) is 8.78 Å². The van der Waals surface area contributed by atoms with E-state index in [0.717, 1.165) is 6.07 Å². The zero-order valence-corrected chi connectivity index (χ0v) is 11.6. The lowest BCUT2D eigenvalue weighted by Crippen LogP contribution is -2.39. The summed E-state index contributed by atoms with van der Waals surface area (Å²) in [5, 5.41) is 0.